The number of nitrogens with zero attached hydrogens (tertiary/aromatic N) is 1. The van der Waals surface area contributed by atoms with E-state index in [-0.39, 0.29) is 24.7 Å². The van der Waals surface area contributed by atoms with Crippen LogP contribution in [0.1, 0.15) is 30.7 Å². The van der Waals surface area contributed by atoms with Gasteiger partial charge < -0.3 is 14.2 Å². The van der Waals surface area contributed by atoms with Crippen molar-refractivity contribution in [3.8, 4) is 12.3 Å². The number of halogens is 3. The lowest BCUT2D eigenvalue weighted by molar-refractivity contribution is -0.139. The minimum Gasteiger partial charge on any atom is -0.480 e. The molecule has 182 valence electrons. The van der Waals surface area contributed by atoms with Gasteiger partial charge in [0.05, 0.1) is 6.10 Å². The van der Waals surface area contributed by atoms with Crippen molar-refractivity contribution in [3.63, 3.8) is 0 Å². The molecule has 1 N–H and O–H groups in total. The molecule has 3 atom stereocenters. The molecule has 0 radical (unpaired) electrons. The van der Waals surface area contributed by atoms with Crippen LogP contribution in [-0.2, 0) is 20.4 Å². The summed E-state index contributed by atoms with van der Waals surface area (Å²) in [6.45, 7) is 1.89. The molecule has 0 saturated carbocycles. The third kappa shape index (κ3) is 6.29. The van der Waals surface area contributed by atoms with Gasteiger partial charge in [-0.15, -0.1) is 18.2 Å². The van der Waals surface area contributed by atoms with Crippen molar-refractivity contribution in [2.24, 2.45) is 0 Å². The molecule has 0 aliphatic carbocycles. The smallest absolute Gasteiger partial charge is 0.423 e. The molecule has 12 heteroatoms. The van der Waals surface area contributed by atoms with Gasteiger partial charge in [0, 0.05) is 23.1 Å². The SMILES string of the molecule is C#CCO[C@H]1C[C@H](n2cc(C(F)(F)F)c(=O)[nH]c2=O)O[C@@H]1COC(=S)c1ccc(SCC)cc1. The zero-order chi connectivity index (χ0) is 24.9. The second-order valence-electron chi connectivity index (χ2n) is 7.18. The summed E-state index contributed by atoms with van der Waals surface area (Å²) in [4.78, 5) is 26.5. The number of H-pyrrole nitrogens is 1. The summed E-state index contributed by atoms with van der Waals surface area (Å²) in [5, 5.41) is 0.205. The van der Waals surface area contributed by atoms with E-state index in [0.29, 0.717) is 16.3 Å². The topological polar surface area (TPSA) is 82.6 Å². The molecule has 7 nitrogen and oxygen atoms in total. The average molecular weight is 515 g/mol. The Morgan fingerprint density at radius 3 is 2.68 bits per heavy atom. The molecule has 2 heterocycles. The Kier molecular flexibility index (Phi) is 8.59. The van der Waals surface area contributed by atoms with Gasteiger partial charge in [-0.1, -0.05) is 12.8 Å². The number of thiocarbonyl (C=S) groups is 1. The number of aromatic nitrogens is 2. The summed E-state index contributed by atoms with van der Waals surface area (Å²) < 4.78 is 57.1. The third-order valence-corrected chi connectivity index (χ3v) is 6.17. The molecule has 1 fully saturated rings. The first-order valence-corrected chi connectivity index (χ1v) is 11.6. The normalized spacial score (nSPS) is 20.1. The highest BCUT2D eigenvalue weighted by molar-refractivity contribution is 7.99. The monoisotopic (exact) mass is 514 g/mol. The van der Waals surface area contributed by atoms with Gasteiger partial charge in [-0.05, 0) is 42.2 Å². The summed E-state index contributed by atoms with van der Waals surface area (Å²) in [5.74, 6) is 3.25. The van der Waals surface area contributed by atoms with Gasteiger partial charge in [0.25, 0.3) is 5.56 Å². The first-order chi connectivity index (χ1) is 16.1. The van der Waals surface area contributed by atoms with E-state index in [1.807, 2.05) is 31.2 Å². The minimum absolute atomic E-state index is 0.00859. The number of nitrogens with one attached hydrogen (secondary N) is 1. The van der Waals surface area contributed by atoms with Crippen LogP contribution < -0.4 is 11.2 Å². The Morgan fingerprint density at radius 2 is 2.06 bits per heavy atom. The second kappa shape index (κ2) is 11.2. The highest BCUT2D eigenvalue weighted by Crippen LogP contribution is 2.32. The van der Waals surface area contributed by atoms with Crippen molar-refractivity contribution in [2.75, 3.05) is 19.0 Å². The van der Waals surface area contributed by atoms with E-state index >= 15 is 0 Å². The standard InChI is InChI=1S/C22H21F3N2O5S2/c1-3-9-30-16-10-18(27-11-15(22(23,24)25)19(28)26-21(27)29)32-17(16)12-31-20(33)13-5-7-14(8-6-13)34-4-2/h1,5-8,11,16-18H,4,9-10,12H2,2H3,(H,26,28,29)/t16-,17+,18+/m0/s1. The number of rotatable bonds is 8. The Bertz CT molecular complexity index is 1170. The molecule has 1 aromatic carbocycles. The lowest BCUT2D eigenvalue weighted by atomic mass is 10.2. The Morgan fingerprint density at radius 1 is 1.35 bits per heavy atom. The summed E-state index contributed by atoms with van der Waals surface area (Å²) in [5.41, 5.74) is -3.40. The molecular weight excluding hydrogens is 493 g/mol. The molecular formula is C22H21F3N2O5S2. The second-order valence-corrected chi connectivity index (χ2v) is 8.89. The number of thioether (sulfide) groups is 1. The molecule has 1 aliphatic heterocycles. The van der Waals surface area contributed by atoms with Crippen LogP contribution in [0.5, 0.6) is 0 Å². The zero-order valence-corrected chi connectivity index (χ0v) is 19.6. The number of ether oxygens (including phenoxy) is 3. The number of benzene rings is 1. The Balaban J connectivity index is 1.75. The van der Waals surface area contributed by atoms with Crippen LogP contribution in [0.25, 0.3) is 0 Å². The molecule has 1 aliphatic rings. The van der Waals surface area contributed by atoms with Crippen LogP contribution in [0.2, 0.25) is 0 Å². The van der Waals surface area contributed by atoms with E-state index in [4.69, 9.17) is 32.9 Å². The van der Waals surface area contributed by atoms with Crippen molar-refractivity contribution < 1.29 is 27.4 Å². The molecule has 0 spiro atoms. The van der Waals surface area contributed by atoms with E-state index in [2.05, 4.69) is 5.92 Å². The molecule has 1 aromatic heterocycles. The predicted octanol–water partition coefficient (Wildman–Crippen LogP) is 3.37. The largest absolute Gasteiger partial charge is 0.480 e. The average Bonchev–Trinajstić information content (AvgIpc) is 3.18. The van der Waals surface area contributed by atoms with Gasteiger partial charge in [-0.25, -0.2) is 4.79 Å². The first kappa shape index (κ1) is 26.0. The van der Waals surface area contributed by atoms with E-state index in [0.717, 1.165) is 10.6 Å². The van der Waals surface area contributed by atoms with Crippen LogP contribution in [0.4, 0.5) is 13.2 Å². The highest BCUT2D eigenvalue weighted by Gasteiger charge is 2.40. The highest BCUT2D eigenvalue weighted by atomic mass is 32.2. The molecule has 0 bridgehead atoms. The summed E-state index contributed by atoms with van der Waals surface area (Å²) >= 11 is 7.01. The van der Waals surface area contributed by atoms with Crippen LogP contribution in [-0.4, -0.2) is 45.8 Å². The molecule has 3 rings (SSSR count). The van der Waals surface area contributed by atoms with E-state index in [9.17, 15) is 22.8 Å². The van der Waals surface area contributed by atoms with Crippen molar-refractivity contribution in [3.05, 3.63) is 62.4 Å². The molecule has 1 saturated heterocycles. The lowest BCUT2D eigenvalue weighted by Crippen LogP contribution is -2.36. The van der Waals surface area contributed by atoms with Crippen LogP contribution in [0, 0.1) is 12.3 Å². The number of hydrogen-bond donors (Lipinski definition) is 1. The van der Waals surface area contributed by atoms with Gasteiger partial charge in [0.1, 0.15) is 31.1 Å². The van der Waals surface area contributed by atoms with Gasteiger partial charge in [0.2, 0.25) is 0 Å². The fourth-order valence-corrected chi connectivity index (χ4v) is 4.21. The summed E-state index contributed by atoms with van der Waals surface area (Å²) in [6.07, 6.45) is -1.84. The van der Waals surface area contributed by atoms with Gasteiger partial charge in [-0.3, -0.25) is 14.3 Å². The fourth-order valence-electron chi connectivity index (χ4n) is 3.35. The van der Waals surface area contributed by atoms with Crippen molar-refractivity contribution >= 4 is 29.0 Å². The van der Waals surface area contributed by atoms with Crippen LogP contribution in [0.3, 0.4) is 0 Å². The maximum atomic E-state index is 13.1. The van der Waals surface area contributed by atoms with Crippen molar-refractivity contribution in [2.45, 2.75) is 42.9 Å². The maximum absolute atomic E-state index is 13.1. The van der Waals surface area contributed by atoms with Crippen LogP contribution >= 0.6 is 24.0 Å². The number of alkyl halides is 3. The molecule has 34 heavy (non-hydrogen) atoms. The maximum Gasteiger partial charge on any atom is 0.423 e. The molecule has 2 aromatic rings. The Hall–Kier alpha value is -2.59. The van der Waals surface area contributed by atoms with Crippen LogP contribution in [0.15, 0.2) is 44.9 Å². The van der Waals surface area contributed by atoms with Crippen molar-refractivity contribution in [1.29, 1.82) is 0 Å². The van der Waals surface area contributed by atoms with Gasteiger partial charge in [0.15, 0.2) is 5.05 Å². The van der Waals surface area contributed by atoms with Crippen molar-refractivity contribution in [1.82, 2.24) is 9.55 Å². The first-order valence-electron chi connectivity index (χ1n) is 10.2. The molecule has 0 unspecified atom stereocenters. The fraction of sp³-hybridized carbons (Fsp3) is 0.409. The number of aromatic amines is 1. The van der Waals surface area contributed by atoms with E-state index < -0.39 is 41.4 Å². The quantitative estimate of drug-likeness (QED) is 0.329. The van der Waals surface area contributed by atoms with E-state index in [1.54, 1.807) is 16.7 Å². The number of hydrogen-bond acceptors (Lipinski definition) is 7. The number of terminal acetylenes is 1. The summed E-state index contributed by atoms with van der Waals surface area (Å²) in [7, 11) is 0. The van der Waals surface area contributed by atoms with E-state index in [1.165, 1.54) is 0 Å². The molecule has 0 amide bonds. The van der Waals surface area contributed by atoms with Gasteiger partial charge in [-0.2, -0.15) is 13.2 Å². The zero-order valence-electron chi connectivity index (χ0n) is 18.0. The minimum atomic E-state index is -4.94. The Labute approximate surface area is 202 Å². The third-order valence-electron chi connectivity index (χ3n) is 4.92. The van der Waals surface area contributed by atoms with Gasteiger partial charge >= 0.3 is 11.9 Å². The predicted molar refractivity (Wildman–Crippen MR) is 124 cm³/mol. The summed E-state index contributed by atoms with van der Waals surface area (Å²) in [6, 6.07) is 7.48. The lowest BCUT2D eigenvalue weighted by Gasteiger charge is -2.19.